The summed E-state index contributed by atoms with van der Waals surface area (Å²) in [7, 11) is 3.01. The van der Waals surface area contributed by atoms with E-state index in [1.54, 1.807) is 18.4 Å². The average Bonchev–Trinajstić information content (AvgIpc) is 2.94. The Balaban J connectivity index is 2.42. The minimum Gasteiger partial charge on any atom is -0.480 e. The smallest absolute Gasteiger partial charge is 0.240 e. The van der Waals surface area contributed by atoms with E-state index >= 15 is 0 Å². The molecule has 2 aromatic heterocycles. The van der Waals surface area contributed by atoms with Gasteiger partial charge in [-0.05, 0) is 12.1 Å². The topological polar surface area (TPSA) is 95.4 Å². The summed E-state index contributed by atoms with van der Waals surface area (Å²) < 4.78 is 15.5. The SMILES string of the molecule is COc1cnc(C(NN)c2ccco2)c(OC)n1. The fourth-order valence-electron chi connectivity index (χ4n) is 1.56. The molecule has 2 heterocycles. The number of rotatable bonds is 5. The van der Waals surface area contributed by atoms with Crippen molar-refractivity contribution in [1.82, 2.24) is 15.4 Å². The van der Waals surface area contributed by atoms with Gasteiger partial charge in [0, 0.05) is 0 Å². The molecule has 0 saturated heterocycles. The van der Waals surface area contributed by atoms with Crippen molar-refractivity contribution >= 4 is 0 Å². The van der Waals surface area contributed by atoms with Gasteiger partial charge in [-0.3, -0.25) is 5.84 Å². The second kappa shape index (κ2) is 5.48. The number of ether oxygens (including phenoxy) is 2. The van der Waals surface area contributed by atoms with Gasteiger partial charge in [0.1, 0.15) is 17.5 Å². The molecule has 0 radical (unpaired) electrons. The van der Waals surface area contributed by atoms with Crippen LogP contribution < -0.4 is 20.7 Å². The van der Waals surface area contributed by atoms with Crippen molar-refractivity contribution in [2.24, 2.45) is 5.84 Å². The molecule has 2 rings (SSSR count). The highest BCUT2D eigenvalue weighted by Gasteiger charge is 2.22. The van der Waals surface area contributed by atoms with E-state index in [4.69, 9.17) is 19.7 Å². The highest BCUT2D eigenvalue weighted by molar-refractivity contribution is 5.30. The maximum Gasteiger partial charge on any atom is 0.240 e. The van der Waals surface area contributed by atoms with Crippen LogP contribution in [0.3, 0.4) is 0 Å². The number of nitrogens with one attached hydrogen (secondary N) is 1. The molecule has 1 atom stereocenters. The highest BCUT2D eigenvalue weighted by atomic mass is 16.5. The predicted octanol–water partition coefficient (Wildman–Crippen LogP) is 0.639. The van der Waals surface area contributed by atoms with Crippen molar-refractivity contribution in [2.75, 3.05) is 14.2 Å². The van der Waals surface area contributed by atoms with Crippen LogP contribution in [-0.4, -0.2) is 24.2 Å². The van der Waals surface area contributed by atoms with Crippen LogP contribution in [0.4, 0.5) is 0 Å². The molecule has 18 heavy (non-hydrogen) atoms. The lowest BCUT2D eigenvalue weighted by atomic mass is 10.1. The van der Waals surface area contributed by atoms with Crippen LogP contribution in [0.2, 0.25) is 0 Å². The summed E-state index contributed by atoms with van der Waals surface area (Å²) >= 11 is 0. The Morgan fingerprint density at radius 1 is 1.39 bits per heavy atom. The van der Waals surface area contributed by atoms with Crippen LogP contribution in [0.15, 0.2) is 29.0 Å². The largest absolute Gasteiger partial charge is 0.480 e. The van der Waals surface area contributed by atoms with Gasteiger partial charge in [-0.2, -0.15) is 4.98 Å². The minimum atomic E-state index is -0.437. The average molecular weight is 250 g/mol. The van der Waals surface area contributed by atoms with Crippen LogP contribution in [0.25, 0.3) is 0 Å². The van der Waals surface area contributed by atoms with Gasteiger partial charge in [0.25, 0.3) is 0 Å². The number of hydrogen-bond donors (Lipinski definition) is 2. The fourth-order valence-corrected chi connectivity index (χ4v) is 1.56. The molecule has 96 valence electrons. The lowest BCUT2D eigenvalue weighted by Gasteiger charge is -2.15. The molecule has 0 saturated carbocycles. The molecule has 0 aliphatic carbocycles. The van der Waals surface area contributed by atoms with Gasteiger partial charge in [-0.15, -0.1) is 0 Å². The third kappa shape index (κ3) is 2.27. The number of nitrogens with zero attached hydrogens (tertiary/aromatic N) is 2. The number of hydrogen-bond acceptors (Lipinski definition) is 7. The van der Waals surface area contributed by atoms with E-state index in [0.717, 1.165) is 0 Å². The first-order valence-corrected chi connectivity index (χ1v) is 5.24. The van der Waals surface area contributed by atoms with Crippen molar-refractivity contribution in [3.63, 3.8) is 0 Å². The van der Waals surface area contributed by atoms with Gasteiger partial charge in [-0.25, -0.2) is 10.4 Å². The van der Waals surface area contributed by atoms with Gasteiger partial charge in [0.2, 0.25) is 11.8 Å². The van der Waals surface area contributed by atoms with Crippen molar-refractivity contribution in [2.45, 2.75) is 6.04 Å². The maximum absolute atomic E-state index is 5.53. The number of hydrazine groups is 1. The monoisotopic (exact) mass is 250 g/mol. The molecule has 1 unspecified atom stereocenters. The zero-order valence-corrected chi connectivity index (χ0v) is 10.1. The van der Waals surface area contributed by atoms with E-state index in [9.17, 15) is 0 Å². The molecule has 0 bridgehead atoms. The summed E-state index contributed by atoms with van der Waals surface area (Å²) in [4.78, 5) is 8.38. The summed E-state index contributed by atoms with van der Waals surface area (Å²) in [5.74, 6) is 6.84. The Morgan fingerprint density at radius 2 is 2.22 bits per heavy atom. The first-order valence-electron chi connectivity index (χ1n) is 5.24. The molecule has 0 aromatic carbocycles. The molecule has 0 spiro atoms. The molecule has 0 aliphatic heterocycles. The summed E-state index contributed by atoms with van der Waals surface area (Å²) in [5, 5.41) is 0. The number of furan rings is 1. The lowest BCUT2D eigenvalue weighted by Crippen LogP contribution is -2.29. The zero-order valence-electron chi connectivity index (χ0n) is 10.1. The standard InChI is InChI=1S/C11H14N4O3/c1-16-8-6-13-10(11(14-8)17-2)9(15-12)7-4-3-5-18-7/h3-6,9,15H,12H2,1-2H3. The molecule has 3 N–H and O–H groups in total. The van der Waals surface area contributed by atoms with Crippen molar-refractivity contribution < 1.29 is 13.9 Å². The van der Waals surface area contributed by atoms with Crippen molar-refractivity contribution in [3.8, 4) is 11.8 Å². The van der Waals surface area contributed by atoms with E-state index in [2.05, 4.69) is 15.4 Å². The lowest BCUT2D eigenvalue weighted by molar-refractivity contribution is 0.347. The van der Waals surface area contributed by atoms with Crippen LogP contribution in [0.1, 0.15) is 17.5 Å². The van der Waals surface area contributed by atoms with Crippen molar-refractivity contribution in [3.05, 3.63) is 36.0 Å². The first-order chi connectivity index (χ1) is 8.80. The fraction of sp³-hybridized carbons (Fsp3) is 0.273. The second-order valence-corrected chi connectivity index (χ2v) is 3.42. The van der Waals surface area contributed by atoms with Crippen molar-refractivity contribution in [1.29, 1.82) is 0 Å². The molecule has 0 aliphatic rings. The number of methoxy groups -OCH3 is 2. The van der Waals surface area contributed by atoms with Gasteiger partial charge in [0.05, 0.1) is 26.7 Å². The van der Waals surface area contributed by atoms with Crippen LogP contribution in [0.5, 0.6) is 11.8 Å². The van der Waals surface area contributed by atoms with E-state index in [-0.39, 0.29) is 0 Å². The molecule has 7 nitrogen and oxygen atoms in total. The summed E-state index contributed by atoms with van der Waals surface area (Å²) in [5.41, 5.74) is 3.14. The molecule has 7 heteroatoms. The van der Waals surface area contributed by atoms with Gasteiger partial charge < -0.3 is 13.9 Å². The predicted molar refractivity (Wildman–Crippen MR) is 63.0 cm³/mol. The van der Waals surface area contributed by atoms with Gasteiger partial charge >= 0.3 is 0 Å². The maximum atomic E-state index is 5.53. The Kier molecular flexibility index (Phi) is 3.75. The van der Waals surface area contributed by atoms with Crippen LogP contribution in [0, 0.1) is 0 Å². The van der Waals surface area contributed by atoms with E-state index in [1.165, 1.54) is 20.4 Å². The molecule has 2 aromatic rings. The number of aromatic nitrogens is 2. The molecule has 0 fully saturated rings. The van der Waals surface area contributed by atoms with Gasteiger partial charge in [0.15, 0.2) is 0 Å². The summed E-state index contributed by atoms with van der Waals surface area (Å²) in [6.07, 6.45) is 3.05. The Hall–Kier alpha value is -2.12. The Bertz CT molecular complexity index is 501. The van der Waals surface area contributed by atoms with Crippen LogP contribution in [-0.2, 0) is 0 Å². The summed E-state index contributed by atoms with van der Waals surface area (Å²) in [6, 6.07) is 3.12. The summed E-state index contributed by atoms with van der Waals surface area (Å²) in [6.45, 7) is 0. The normalized spacial score (nSPS) is 12.2. The second-order valence-electron chi connectivity index (χ2n) is 3.42. The molecular weight excluding hydrogens is 236 g/mol. The van der Waals surface area contributed by atoms with Gasteiger partial charge in [-0.1, -0.05) is 0 Å². The minimum absolute atomic E-state index is 0.328. The third-order valence-electron chi connectivity index (χ3n) is 2.42. The quantitative estimate of drug-likeness (QED) is 0.593. The van der Waals surface area contributed by atoms with E-state index in [1.807, 2.05) is 0 Å². The molecular formula is C11H14N4O3. The zero-order chi connectivity index (χ0) is 13.0. The first kappa shape index (κ1) is 12.3. The Morgan fingerprint density at radius 3 is 2.78 bits per heavy atom. The number of nitrogens with two attached hydrogens (primary N) is 1. The highest BCUT2D eigenvalue weighted by Crippen LogP contribution is 2.27. The van der Waals surface area contributed by atoms with Crippen LogP contribution >= 0.6 is 0 Å². The van der Waals surface area contributed by atoms with E-state index in [0.29, 0.717) is 23.2 Å². The molecule has 0 amide bonds. The van der Waals surface area contributed by atoms with E-state index < -0.39 is 6.04 Å². The Labute approximate surface area is 104 Å². The third-order valence-corrected chi connectivity index (χ3v) is 2.42.